The molecule has 2 N–H and O–H groups in total. The second kappa shape index (κ2) is 7.07. The molecule has 0 unspecified atom stereocenters. The van der Waals surface area contributed by atoms with Crippen LogP contribution in [0.2, 0.25) is 0 Å². The lowest BCUT2D eigenvalue weighted by molar-refractivity contribution is 0.0944. The molecule has 0 saturated heterocycles. The van der Waals surface area contributed by atoms with Gasteiger partial charge in [-0.05, 0) is 43.5 Å². The fourth-order valence-electron chi connectivity index (χ4n) is 2.13. The van der Waals surface area contributed by atoms with Crippen LogP contribution in [0.25, 0.3) is 0 Å². The largest absolute Gasteiger partial charge is 0.355 e. The number of hydrogen-bond acceptors (Lipinski definition) is 3. The Morgan fingerprint density at radius 1 is 1.18 bits per heavy atom. The van der Waals surface area contributed by atoms with E-state index in [1.54, 1.807) is 12.3 Å². The maximum atomic E-state index is 12.1. The van der Waals surface area contributed by atoms with Crippen molar-refractivity contribution in [1.29, 1.82) is 0 Å². The van der Waals surface area contributed by atoms with Gasteiger partial charge < -0.3 is 10.6 Å². The van der Waals surface area contributed by atoms with Gasteiger partial charge in [-0.2, -0.15) is 0 Å². The normalized spacial score (nSPS) is 10.6. The van der Waals surface area contributed by atoms with Crippen molar-refractivity contribution >= 4 is 17.3 Å². The average molecular weight is 297 g/mol. The molecule has 1 aromatic heterocycles. The molecule has 0 atom stereocenters. The summed E-state index contributed by atoms with van der Waals surface area (Å²) < 4.78 is 0. The molecule has 22 heavy (non-hydrogen) atoms. The molecule has 1 aromatic carbocycles. The van der Waals surface area contributed by atoms with Crippen molar-refractivity contribution in [2.45, 2.75) is 27.7 Å². The average Bonchev–Trinajstić information content (AvgIpc) is 2.48. The number of hydrogen-bond donors (Lipinski definition) is 2. The van der Waals surface area contributed by atoms with E-state index in [0.29, 0.717) is 18.2 Å². The maximum Gasteiger partial charge on any atom is 0.269 e. The van der Waals surface area contributed by atoms with E-state index < -0.39 is 0 Å². The quantitative estimate of drug-likeness (QED) is 0.882. The molecule has 0 aliphatic heterocycles. The number of carbonyl (C=O) groups is 1. The summed E-state index contributed by atoms with van der Waals surface area (Å²) >= 11 is 0. The monoisotopic (exact) mass is 297 g/mol. The Labute approximate surface area is 132 Å². The lowest BCUT2D eigenvalue weighted by Crippen LogP contribution is -2.28. The van der Waals surface area contributed by atoms with E-state index in [4.69, 9.17) is 0 Å². The van der Waals surface area contributed by atoms with E-state index in [-0.39, 0.29) is 5.91 Å². The number of nitrogens with one attached hydrogen (secondary N) is 2. The summed E-state index contributed by atoms with van der Waals surface area (Å²) in [6.07, 6.45) is 1.65. The first-order valence-electron chi connectivity index (χ1n) is 7.54. The van der Waals surface area contributed by atoms with Gasteiger partial charge in [-0.25, -0.2) is 0 Å². The zero-order valence-electron chi connectivity index (χ0n) is 13.6. The van der Waals surface area contributed by atoms with Gasteiger partial charge in [-0.3, -0.25) is 9.78 Å². The van der Waals surface area contributed by atoms with Gasteiger partial charge in [0.15, 0.2) is 0 Å². The molecule has 2 rings (SSSR count). The third-order valence-corrected chi connectivity index (χ3v) is 3.32. The fourth-order valence-corrected chi connectivity index (χ4v) is 2.13. The molecule has 1 amide bonds. The molecule has 0 aliphatic carbocycles. The molecule has 4 heteroatoms. The van der Waals surface area contributed by atoms with Gasteiger partial charge in [0, 0.05) is 24.1 Å². The van der Waals surface area contributed by atoms with Crippen LogP contribution in [-0.4, -0.2) is 17.4 Å². The number of nitrogens with zero attached hydrogens (tertiary/aromatic N) is 1. The molecular weight excluding hydrogens is 274 g/mol. The second-order valence-electron chi connectivity index (χ2n) is 5.98. The minimum absolute atomic E-state index is 0.141. The third kappa shape index (κ3) is 4.32. The lowest BCUT2D eigenvalue weighted by Gasteiger charge is -2.11. The highest BCUT2D eigenvalue weighted by molar-refractivity contribution is 5.93. The maximum absolute atomic E-state index is 12.1. The van der Waals surface area contributed by atoms with Gasteiger partial charge in [0.1, 0.15) is 5.69 Å². The van der Waals surface area contributed by atoms with Crippen LogP contribution in [0.5, 0.6) is 0 Å². The molecule has 1 heterocycles. The van der Waals surface area contributed by atoms with Gasteiger partial charge in [0.05, 0.1) is 0 Å². The Kier molecular flexibility index (Phi) is 5.15. The van der Waals surface area contributed by atoms with Crippen molar-refractivity contribution < 1.29 is 4.79 Å². The van der Waals surface area contributed by atoms with Crippen molar-refractivity contribution in [2.24, 2.45) is 5.92 Å². The van der Waals surface area contributed by atoms with Crippen LogP contribution in [0.3, 0.4) is 0 Å². The minimum atomic E-state index is -0.141. The van der Waals surface area contributed by atoms with Crippen molar-refractivity contribution in [3.63, 3.8) is 0 Å². The summed E-state index contributed by atoms with van der Waals surface area (Å²) in [5.41, 5.74) is 4.71. The summed E-state index contributed by atoms with van der Waals surface area (Å²) in [6.45, 7) is 8.90. The zero-order valence-corrected chi connectivity index (χ0v) is 13.6. The predicted molar refractivity (Wildman–Crippen MR) is 90.6 cm³/mol. The van der Waals surface area contributed by atoms with Crippen LogP contribution in [-0.2, 0) is 0 Å². The van der Waals surface area contributed by atoms with E-state index in [0.717, 1.165) is 11.4 Å². The standard InChI is InChI=1S/C18H23N3O/c1-12(2)11-20-18(22)17-10-15(7-8-19-17)21-16-6-5-13(3)9-14(16)4/h5-10,12H,11H2,1-4H3,(H,19,21)(H,20,22). The van der Waals surface area contributed by atoms with Crippen LogP contribution in [0, 0.1) is 19.8 Å². The predicted octanol–water partition coefficient (Wildman–Crippen LogP) is 3.83. The number of aryl methyl sites for hydroxylation is 2. The Balaban J connectivity index is 2.12. The smallest absolute Gasteiger partial charge is 0.269 e. The van der Waals surface area contributed by atoms with Gasteiger partial charge in [-0.1, -0.05) is 31.5 Å². The first kappa shape index (κ1) is 16.0. The molecule has 0 saturated carbocycles. The topological polar surface area (TPSA) is 54.0 Å². The van der Waals surface area contributed by atoms with E-state index >= 15 is 0 Å². The van der Waals surface area contributed by atoms with Gasteiger partial charge in [0.25, 0.3) is 5.91 Å². The second-order valence-corrected chi connectivity index (χ2v) is 5.98. The van der Waals surface area contributed by atoms with Crippen molar-refractivity contribution in [2.75, 3.05) is 11.9 Å². The van der Waals surface area contributed by atoms with Gasteiger partial charge in [-0.15, -0.1) is 0 Å². The van der Waals surface area contributed by atoms with E-state index in [1.165, 1.54) is 11.1 Å². The molecular formula is C18H23N3O. The summed E-state index contributed by atoms with van der Waals surface area (Å²) in [5, 5.41) is 6.22. The molecule has 4 nitrogen and oxygen atoms in total. The highest BCUT2D eigenvalue weighted by Crippen LogP contribution is 2.21. The molecule has 0 aliphatic rings. The molecule has 0 fully saturated rings. The molecule has 0 spiro atoms. The third-order valence-electron chi connectivity index (χ3n) is 3.32. The lowest BCUT2D eigenvalue weighted by atomic mass is 10.1. The number of rotatable bonds is 5. The van der Waals surface area contributed by atoms with E-state index in [9.17, 15) is 4.79 Å². The van der Waals surface area contributed by atoms with Crippen LogP contribution in [0.4, 0.5) is 11.4 Å². The van der Waals surface area contributed by atoms with Crippen LogP contribution in [0.15, 0.2) is 36.5 Å². The molecule has 2 aromatic rings. The fraction of sp³-hybridized carbons (Fsp3) is 0.333. The van der Waals surface area contributed by atoms with E-state index in [1.807, 2.05) is 12.1 Å². The Bertz CT molecular complexity index is 665. The summed E-state index contributed by atoms with van der Waals surface area (Å²) in [7, 11) is 0. The number of amides is 1. The number of aromatic nitrogens is 1. The van der Waals surface area contributed by atoms with E-state index in [2.05, 4.69) is 55.4 Å². The summed E-state index contributed by atoms with van der Waals surface area (Å²) in [5.74, 6) is 0.276. The van der Waals surface area contributed by atoms with Gasteiger partial charge in [0.2, 0.25) is 0 Å². The highest BCUT2D eigenvalue weighted by atomic mass is 16.1. The molecule has 0 bridgehead atoms. The Morgan fingerprint density at radius 3 is 2.64 bits per heavy atom. The molecule has 116 valence electrons. The van der Waals surface area contributed by atoms with Crippen molar-refractivity contribution in [3.05, 3.63) is 53.3 Å². The van der Waals surface area contributed by atoms with Crippen molar-refractivity contribution in [1.82, 2.24) is 10.3 Å². The van der Waals surface area contributed by atoms with Crippen LogP contribution in [0.1, 0.15) is 35.5 Å². The SMILES string of the molecule is Cc1ccc(Nc2ccnc(C(=O)NCC(C)C)c2)c(C)c1. The first-order valence-corrected chi connectivity index (χ1v) is 7.54. The minimum Gasteiger partial charge on any atom is -0.355 e. The number of carbonyl (C=O) groups excluding carboxylic acids is 1. The summed E-state index contributed by atoms with van der Waals surface area (Å²) in [6, 6.07) is 9.86. The number of anilines is 2. The van der Waals surface area contributed by atoms with Crippen LogP contribution < -0.4 is 10.6 Å². The number of pyridine rings is 1. The molecule has 0 radical (unpaired) electrons. The highest BCUT2D eigenvalue weighted by Gasteiger charge is 2.09. The van der Waals surface area contributed by atoms with Crippen LogP contribution >= 0.6 is 0 Å². The number of benzene rings is 1. The zero-order chi connectivity index (χ0) is 16.1. The van der Waals surface area contributed by atoms with Gasteiger partial charge >= 0.3 is 0 Å². The first-order chi connectivity index (χ1) is 10.5. The Morgan fingerprint density at radius 2 is 1.95 bits per heavy atom. The van der Waals surface area contributed by atoms with Crippen molar-refractivity contribution in [3.8, 4) is 0 Å². The summed E-state index contributed by atoms with van der Waals surface area (Å²) in [4.78, 5) is 16.2. The Hall–Kier alpha value is -2.36.